The number of benzene rings is 4. The van der Waals surface area contributed by atoms with Crippen LogP contribution in [0.2, 0.25) is 0 Å². The average Bonchev–Trinajstić information content (AvgIpc) is 3.53. The minimum atomic E-state index is -0.130. The summed E-state index contributed by atoms with van der Waals surface area (Å²) in [4.78, 5) is 0. The van der Waals surface area contributed by atoms with Gasteiger partial charge in [-0.3, -0.25) is 0 Å². The first-order chi connectivity index (χ1) is 21.5. The molecule has 0 amide bonds. The average molecular weight is 591 g/mol. The Kier molecular flexibility index (Phi) is 5.83. The van der Waals surface area contributed by atoms with E-state index in [4.69, 9.17) is 20.9 Å². The van der Waals surface area contributed by atoms with Crippen molar-refractivity contribution >= 4 is 34.7 Å². The zero-order valence-electron chi connectivity index (χ0n) is 26.3. The molecule has 0 saturated heterocycles. The number of allylic oxidation sites excluding steroid dienone is 6. The van der Waals surface area contributed by atoms with Crippen LogP contribution in [0.15, 0.2) is 108 Å². The summed E-state index contributed by atoms with van der Waals surface area (Å²) in [5.41, 5.74) is 23.6. The quantitative estimate of drug-likeness (QED) is 0.232. The predicted molar refractivity (Wildman–Crippen MR) is 186 cm³/mol. The number of rotatable bonds is 4. The summed E-state index contributed by atoms with van der Waals surface area (Å²) in [7, 11) is 0. The molecule has 0 atom stereocenters. The zero-order chi connectivity index (χ0) is 31.1. The number of hydrogen-bond acceptors (Lipinski definition) is 4. The molecule has 4 nitrogen and oxygen atoms in total. The molecule has 4 aliphatic carbocycles. The molecule has 45 heavy (non-hydrogen) atoms. The molecule has 0 aromatic heterocycles. The number of anilines is 2. The van der Waals surface area contributed by atoms with Gasteiger partial charge in [0.1, 0.15) is 23.0 Å². The van der Waals surface area contributed by atoms with Crippen molar-refractivity contribution in [1.82, 2.24) is 0 Å². The molecule has 4 aliphatic rings. The minimum Gasteiger partial charge on any atom is -0.457 e. The highest BCUT2D eigenvalue weighted by atomic mass is 16.5. The molecule has 0 fully saturated rings. The Labute approximate surface area is 265 Å². The maximum absolute atomic E-state index is 6.29. The molecule has 4 heteroatoms. The first-order valence-corrected chi connectivity index (χ1v) is 15.7. The number of nitrogens with two attached hydrogens (primary N) is 2. The van der Waals surface area contributed by atoms with E-state index < -0.39 is 0 Å². The Bertz CT molecular complexity index is 1860. The number of nitrogen functional groups attached to an aromatic ring is 2. The SMILES string of the molecule is CC1(C)C=C2C(=Cc3ccc(Oc4ccc(N)cc4)cc32)C2(C1)CC(C)(C)C=C1C2=Cc2ccc(Oc3ccc(N)cc3)cc21. The first kappa shape index (κ1) is 27.6. The second-order valence-electron chi connectivity index (χ2n) is 14.5. The van der Waals surface area contributed by atoms with Crippen LogP contribution in [0.1, 0.15) is 62.8 Å². The van der Waals surface area contributed by atoms with Crippen LogP contribution >= 0.6 is 0 Å². The molecule has 4 aromatic carbocycles. The monoisotopic (exact) mass is 590 g/mol. The van der Waals surface area contributed by atoms with Crippen molar-refractivity contribution in [3.8, 4) is 23.0 Å². The maximum Gasteiger partial charge on any atom is 0.128 e. The lowest BCUT2D eigenvalue weighted by molar-refractivity contribution is 0.203. The lowest BCUT2D eigenvalue weighted by Gasteiger charge is -2.52. The summed E-state index contributed by atoms with van der Waals surface area (Å²) in [5.74, 6) is 3.22. The Balaban J connectivity index is 1.19. The van der Waals surface area contributed by atoms with E-state index in [0.717, 1.165) is 47.2 Å². The number of hydrogen-bond donors (Lipinski definition) is 2. The highest BCUT2D eigenvalue weighted by molar-refractivity contribution is 6.03. The lowest BCUT2D eigenvalue weighted by Crippen LogP contribution is -2.40. The fourth-order valence-electron chi connectivity index (χ4n) is 8.15. The van der Waals surface area contributed by atoms with Crippen molar-refractivity contribution in [2.24, 2.45) is 16.2 Å². The molecule has 0 bridgehead atoms. The third-order valence-corrected chi connectivity index (χ3v) is 9.66. The van der Waals surface area contributed by atoms with Crippen LogP contribution in [0.4, 0.5) is 11.4 Å². The maximum atomic E-state index is 6.29. The number of ether oxygens (including phenoxy) is 2. The summed E-state index contributed by atoms with van der Waals surface area (Å²) in [5, 5.41) is 0. The summed E-state index contributed by atoms with van der Waals surface area (Å²) in [6.45, 7) is 9.55. The van der Waals surface area contributed by atoms with Crippen molar-refractivity contribution in [3.05, 3.63) is 130 Å². The van der Waals surface area contributed by atoms with Gasteiger partial charge in [-0.25, -0.2) is 0 Å². The second kappa shape index (κ2) is 9.52. The van der Waals surface area contributed by atoms with E-state index in [9.17, 15) is 0 Å². The molecule has 1 spiro atoms. The van der Waals surface area contributed by atoms with Crippen LogP contribution in [-0.2, 0) is 0 Å². The highest BCUT2D eigenvalue weighted by Crippen LogP contribution is 2.67. The molecule has 4 aromatic rings. The van der Waals surface area contributed by atoms with Gasteiger partial charge in [-0.15, -0.1) is 0 Å². The molecular weight excluding hydrogens is 552 g/mol. The van der Waals surface area contributed by atoms with E-state index in [1.165, 1.54) is 44.5 Å². The predicted octanol–water partition coefficient (Wildman–Crippen LogP) is 10.5. The van der Waals surface area contributed by atoms with E-state index in [-0.39, 0.29) is 16.2 Å². The van der Waals surface area contributed by atoms with Crippen LogP contribution in [0, 0.1) is 16.2 Å². The molecular formula is C41H38N2O2. The van der Waals surface area contributed by atoms with E-state index in [2.05, 4.69) is 88.4 Å². The molecule has 0 radical (unpaired) electrons. The summed E-state index contributed by atoms with van der Waals surface area (Å²) in [6.07, 6.45) is 12.0. The molecule has 8 rings (SSSR count). The van der Waals surface area contributed by atoms with Crippen molar-refractivity contribution in [2.75, 3.05) is 11.5 Å². The van der Waals surface area contributed by atoms with Gasteiger partial charge in [0, 0.05) is 16.8 Å². The van der Waals surface area contributed by atoms with Crippen LogP contribution in [-0.4, -0.2) is 0 Å². The third kappa shape index (κ3) is 4.67. The van der Waals surface area contributed by atoms with Crippen LogP contribution in [0.5, 0.6) is 23.0 Å². The molecule has 4 N–H and O–H groups in total. The van der Waals surface area contributed by atoms with Gasteiger partial charge in [-0.1, -0.05) is 52.0 Å². The van der Waals surface area contributed by atoms with E-state index in [1.807, 2.05) is 48.5 Å². The molecule has 0 aliphatic heterocycles. The fourth-order valence-corrected chi connectivity index (χ4v) is 8.15. The Morgan fingerprint density at radius 1 is 0.511 bits per heavy atom. The summed E-state index contributed by atoms with van der Waals surface area (Å²) < 4.78 is 12.6. The van der Waals surface area contributed by atoms with Crippen LogP contribution in [0.3, 0.4) is 0 Å². The van der Waals surface area contributed by atoms with Gasteiger partial charge in [-0.2, -0.15) is 0 Å². The van der Waals surface area contributed by atoms with Gasteiger partial charge < -0.3 is 20.9 Å². The Hall–Kier alpha value is -4.96. The van der Waals surface area contributed by atoms with Crippen molar-refractivity contribution in [2.45, 2.75) is 40.5 Å². The smallest absolute Gasteiger partial charge is 0.128 e. The molecule has 0 unspecified atom stereocenters. The lowest BCUT2D eigenvalue weighted by atomic mass is 9.51. The van der Waals surface area contributed by atoms with E-state index in [0.29, 0.717) is 0 Å². The summed E-state index contributed by atoms with van der Waals surface area (Å²) >= 11 is 0. The molecule has 0 saturated carbocycles. The van der Waals surface area contributed by atoms with Crippen LogP contribution < -0.4 is 20.9 Å². The summed E-state index contributed by atoms with van der Waals surface area (Å²) in [6, 6.07) is 28.1. The third-order valence-electron chi connectivity index (χ3n) is 9.66. The Morgan fingerprint density at radius 3 is 1.29 bits per heavy atom. The standard InChI is InChI=1S/C41H38N2O2/c1-39(2)21-35-33-19-31(44-29-13-7-27(42)8-14-29)11-5-25(33)17-37(35)41(23-39)24-40(3,4)22-36-34-20-32(12-6-26(34)18-38(36)41)45-30-15-9-28(43)10-16-30/h5-22H,23-24,42-43H2,1-4H3. The highest BCUT2D eigenvalue weighted by Gasteiger charge is 2.54. The topological polar surface area (TPSA) is 70.5 Å². The Morgan fingerprint density at radius 2 is 0.889 bits per heavy atom. The minimum absolute atomic E-state index is 0.000325. The number of fused-ring (bicyclic) bond motifs is 8. The van der Waals surface area contributed by atoms with Crippen molar-refractivity contribution < 1.29 is 9.47 Å². The van der Waals surface area contributed by atoms with Gasteiger partial charge >= 0.3 is 0 Å². The van der Waals surface area contributed by atoms with Gasteiger partial charge in [0.05, 0.1) is 0 Å². The largest absolute Gasteiger partial charge is 0.457 e. The molecule has 0 heterocycles. The van der Waals surface area contributed by atoms with Crippen molar-refractivity contribution in [1.29, 1.82) is 0 Å². The van der Waals surface area contributed by atoms with Gasteiger partial charge in [0.25, 0.3) is 0 Å². The van der Waals surface area contributed by atoms with Gasteiger partial charge in [0.15, 0.2) is 0 Å². The molecule has 224 valence electrons. The van der Waals surface area contributed by atoms with Gasteiger partial charge in [-0.05, 0) is 153 Å². The van der Waals surface area contributed by atoms with E-state index >= 15 is 0 Å². The zero-order valence-corrected chi connectivity index (χ0v) is 26.3. The first-order valence-electron chi connectivity index (χ1n) is 15.7. The fraction of sp³-hybridized carbons (Fsp3) is 0.220. The van der Waals surface area contributed by atoms with Crippen molar-refractivity contribution in [3.63, 3.8) is 0 Å². The van der Waals surface area contributed by atoms with Gasteiger partial charge in [0.2, 0.25) is 0 Å². The second-order valence-corrected chi connectivity index (χ2v) is 14.5. The van der Waals surface area contributed by atoms with E-state index in [1.54, 1.807) is 0 Å². The van der Waals surface area contributed by atoms with Crippen LogP contribution in [0.25, 0.3) is 23.3 Å². The normalized spacial score (nSPS) is 19.3.